The number of fused-ring (bicyclic) bond motifs is 15. The van der Waals surface area contributed by atoms with Gasteiger partial charge in [-0.25, -0.2) is 0 Å². The topological polar surface area (TPSA) is 72.2 Å². The molecule has 79 heavy (non-hydrogen) atoms. The van der Waals surface area contributed by atoms with Gasteiger partial charge in [-0.2, -0.15) is 0 Å². The van der Waals surface area contributed by atoms with E-state index < -0.39 is 0 Å². The van der Waals surface area contributed by atoms with Crippen LogP contribution < -0.4 is 9.80 Å². The van der Waals surface area contributed by atoms with E-state index >= 15 is 0 Å². The number of anilines is 6. The molecule has 17 rings (SSSR count). The predicted octanol–water partition coefficient (Wildman–Crippen LogP) is 21.5. The Hall–Kier alpha value is -10.8. The highest BCUT2D eigenvalue weighted by molar-refractivity contribution is 6.19. The molecule has 5 heterocycles. The maximum atomic E-state index is 6.86. The van der Waals surface area contributed by atoms with Crippen molar-refractivity contribution in [3.8, 4) is 22.3 Å². The van der Waals surface area contributed by atoms with Crippen LogP contribution in [0.25, 0.3) is 132 Å². The van der Waals surface area contributed by atoms with Gasteiger partial charge in [0.05, 0.1) is 22.7 Å². The van der Waals surface area contributed by atoms with Crippen LogP contribution in [0.2, 0.25) is 0 Å². The minimum Gasteiger partial charge on any atom is -0.456 e. The SMILES string of the molecule is c1ccc(-c2cccc(N(c3ccc4c(c3)oc3cc5c(cc34)oc3cc4c(cc35)oc3cc(N(c5cccc(-c6ccccc6)c5)c5cccc6c5oc5ccccc56)ccc34)c3cccc4c3oc3ccccc34)c2)cc1. The van der Waals surface area contributed by atoms with Gasteiger partial charge < -0.3 is 31.9 Å². The first kappa shape index (κ1) is 43.5. The number of furan rings is 5. The molecule has 12 aromatic carbocycles. The van der Waals surface area contributed by atoms with E-state index in [0.717, 1.165) is 166 Å². The highest BCUT2D eigenvalue weighted by Crippen LogP contribution is 2.48. The number of nitrogens with zero attached hydrogens (tertiary/aromatic N) is 2. The van der Waals surface area contributed by atoms with Gasteiger partial charge in [0.1, 0.15) is 44.7 Å². The Labute approximate surface area is 450 Å². The second kappa shape index (κ2) is 16.9. The molecule has 0 N–H and O–H groups in total. The van der Waals surface area contributed by atoms with Gasteiger partial charge in [-0.05, 0) is 119 Å². The Bertz CT molecular complexity index is 4960. The number of hydrogen-bond donors (Lipinski definition) is 0. The molecular weight excluding hydrogens is 973 g/mol. The van der Waals surface area contributed by atoms with Crippen molar-refractivity contribution in [1.29, 1.82) is 0 Å². The van der Waals surface area contributed by atoms with Gasteiger partial charge in [0.2, 0.25) is 0 Å². The first-order chi connectivity index (χ1) is 39.1. The third-order valence-electron chi connectivity index (χ3n) is 15.8. The van der Waals surface area contributed by atoms with Gasteiger partial charge in [-0.15, -0.1) is 0 Å². The summed E-state index contributed by atoms with van der Waals surface area (Å²) in [5.41, 5.74) is 18.2. The van der Waals surface area contributed by atoms with Crippen molar-refractivity contribution in [3.05, 3.63) is 255 Å². The van der Waals surface area contributed by atoms with Crippen LogP contribution in [-0.2, 0) is 0 Å². The summed E-state index contributed by atoms with van der Waals surface area (Å²) in [5, 5.41) is 10.1. The second-order valence-electron chi connectivity index (χ2n) is 20.4. The lowest BCUT2D eigenvalue weighted by atomic mass is 10.0. The van der Waals surface area contributed by atoms with E-state index in [1.165, 1.54) is 0 Å². The molecule has 0 saturated heterocycles. The van der Waals surface area contributed by atoms with Crippen molar-refractivity contribution < 1.29 is 22.1 Å². The highest BCUT2D eigenvalue weighted by Gasteiger charge is 2.25. The van der Waals surface area contributed by atoms with E-state index in [1.807, 2.05) is 36.4 Å². The Morgan fingerprint density at radius 1 is 0.190 bits per heavy atom. The zero-order chi connectivity index (χ0) is 51.7. The maximum absolute atomic E-state index is 6.86. The molecule has 7 nitrogen and oxygen atoms in total. The van der Waals surface area contributed by atoms with Gasteiger partial charge in [0, 0.05) is 77.4 Å². The van der Waals surface area contributed by atoms with Crippen molar-refractivity contribution in [2.24, 2.45) is 0 Å². The standard InChI is InChI=1S/C72H42N2O5/c1-3-15-43(16-4-1)45-19-11-21-47(35-45)73(61-27-13-25-55-51-23-7-9-29-63(51)78-71(55)61)49-31-33-53-57-39-69-59(41-67(57)75-65(53)37-49)60-42-68-58(40-70(60)77-69)54-34-32-50(38-66(54)76-68)74(48-22-12-20-46(36-48)44-17-5-2-6-18-44)62-28-14-26-56-52-24-8-10-30-64(52)79-72(56)62/h1-42H. The fraction of sp³-hybridized carbons (Fsp3) is 0. The number of hydrogen-bond acceptors (Lipinski definition) is 7. The summed E-state index contributed by atoms with van der Waals surface area (Å²) in [4.78, 5) is 4.54. The minimum absolute atomic E-state index is 0.762. The van der Waals surface area contributed by atoms with Crippen molar-refractivity contribution in [2.75, 3.05) is 9.80 Å². The molecule has 0 amide bonds. The first-order valence-electron chi connectivity index (χ1n) is 26.5. The monoisotopic (exact) mass is 1010 g/mol. The first-order valence-corrected chi connectivity index (χ1v) is 26.5. The van der Waals surface area contributed by atoms with Crippen molar-refractivity contribution in [2.45, 2.75) is 0 Å². The molecule has 17 aromatic rings. The Balaban J connectivity index is 0.785. The van der Waals surface area contributed by atoms with Crippen molar-refractivity contribution >= 4 is 144 Å². The van der Waals surface area contributed by atoms with E-state index in [1.54, 1.807) is 0 Å². The number of benzene rings is 12. The maximum Gasteiger partial charge on any atom is 0.159 e. The summed E-state index contributed by atoms with van der Waals surface area (Å²) < 4.78 is 33.8. The van der Waals surface area contributed by atoms with E-state index in [2.05, 4.69) is 228 Å². The molecule has 0 saturated carbocycles. The lowest BCUT2D eigenvalue weighted by molar-refractivity contribution is 0.662. The van der Waals surface area contributed by atoms with Crippen molar-refractivity contribution in [1.82, 2.24) is 0 Å². The molecule has 0 aliphatic rings. The molecule has 370 valence electrons. The lowest BCUT2D eigenvalue weighted by Crippen LogP contribution is -2.10. The lowest BCUT2D eigenvalue weighted by Gasteiger charge is -2.26. The van der Waals surface area contributed by atoms with Crippen LogP contribution in [0.1, 0.15) is 0 Å². The van der Waals surface area contributed by atoms with Gasteiger partial charge in [-0.3, -0.25) is 0 Å². The highest BCUT2D eigenvalue weighted by atomic mass is 16.3. The normalized spacial score (nSPS) is 12.1. The average Bonchev–Trinajstić information content (AvgIpc) is 4.53. The molecule has 0 spiro atoms. The summed E-state index contributed by atoms with van der Waals surface area (Å²) >= 11 is 0. The van der Waals surface area contributed by atoms with E-state index in [4.69, 9.17) is 22.1 Å². The van der Waals surface area contributed by atoms with Crippen LogP contribution in [0.4, 0.5) is 34.1 Å². The van der Waals surface area contributed by atoms with Crippen molar-refractivity contribution in [3.63, 3.8) is 0 Å². The third kappa shape index (κ3) is 6.79. The molecule has 0 radical (unpaired) electrons. The summed E-state index contributed by atoms with van der Waals surface area (Å²) in [6.07, 6.45) is 0. The van der Waals surface area contributed by atoms with Crippen LogP contribution in [0.3, 0.4) is 0 Å². The zero-order valence-electron chi connectivity index (χ0n) is 42.2. The van der Waals surface area contributed by atoms with Gasteiger partial charge in [-0.1, -0.05) is 146 Å². The van der Waals surface area contributed by atoms with Crippen LogP contribution in [0, 0.1) is 0 Å². The smallest absolute Gasteiger partial charge is 0.159 e. The van der Waals surface area contributed by atoms with E-state index in [-0.39, 0.29) is 0 Å². The number of para-hydroxylation sites is 4. The van der Waals surface area contributed by atoms with Gasteiger partial charge >= 0.3 is 0 Å². The Morgan fingerprint density at radius 2 is 0.519 bits per heavy atom. The molecule has 0 atom stereocenters. The average molecular weight is 1020 g/mol. The van der Waals surface area contributed by atoms with Crippen LogP contribution in [0.15, 0.2) is 277 Å². The van der Waals surface area contributed by atoms with Crippen LogP contribution in [0.5, 0.6) is 0 Å². The Morgan fingerprint density at radius 3 is 0.962 bits per heavy atom. The summed E-state index contributed by atoms with van der Waals surface area (Å²) in [6.45, 7) is 0. The third-order valence-corrected chi connectivity index (χ3v) is 15.8. The Kier molecular flexibility index (Phi) is 9.28. The summed E-state index contributed by atoms with van der Waals surface area (Å²) in [5.74, 6) is 0. The fourth-order valence-corrected chi connectivity index (χ4v) is 12.2. The molecule has 0 aliphatic carbocycles. The zero-order valence-corrected chi connectivity index (χ0v) is 42.2. The predicted molar refractivity (Wildman–Crippen MR) is 323 cm³/mol. The number of rotatable bonds is 8. The molecule has 0 unspecified atom stereocenters. The fourth-order valence-electron chi connectivity index (χ4n) is 12.2. The summed E-state index contributed by atoms with van der Waals surface area (Å²) in [6, 6.07) is 88.9. The quantitative estimate of drug-likeness (QED) is 0.150. The van der Waals surface area contributed by atoms with E-state index in [9.17, 15) is 0 Å². The van der Waals surface area contributed by atoms with Gasteiger partial charge in [0.15, 0.2) is 11.2 Å². The second-order valence-corrected chi connectivity index (χ2v) is 20.4. The van der Waals surface area contributed by atoms with E-state index in [0.29, 0.717) is 0 Å². The minimum atomic E-state index is 0.762. The molecule has 0 bridgehead atoms. The largest absolute Gasteiger partial charge is 0.456 e. The van der Waals surface area contributed by atoms with Crippen LogP contribution >= 0.6 is 0 Å². The summed E-state index contributed by atoms with van der Waals surface area (Å²) in [7, 11) is 0. The molecule has 0 aliphatic heterocycles. The van der Waals surface area contributed by atoms with Gasteiger partial charge in [0.25, 0.3) is 0 Å². The molecule has 7 heteroatoms. The molecule has 0 fully saturated rings. The molecular formula is C72H42N2O5. The molecule has 5 aromatic heterocycles. The van der Waals surface area contributed by atoms with Crippen LogP contribution in [-0.4, -0.2) is 0 Å².